The van der Waals surface area contributed by atoms with Crippen LogP contribution in [0.4, 0.5) is 13.2 Å². The number of nitrogens with zero attached hydrogens (tertiary/aromatic N) is 2. The monoisotopic (exact) mass is 658 g/mol. The summed E-state index contributed by atoms with van der Waals surface area (Å²) in [4.78, 5) is 20.4. The zero-order valence-electron chi connectivity index (χ0n) is 27.0. The molecule has 8 N–H and O–H groups in total. The summed E-state index contributed by atoms with van der Waals surface area (Å²) in [5, 5.41) is 14.3. The summed E-state index contributed by atoms with van der Waals surface area (Å²) in [6.45, 7) is 5.16. The number of benzene rings is 3. The van der Waals surface area contributed by atoms with Crippen molar-refractivity contribution in [3.8, 4) is 16.9 Å². The van der Waals surface area contributed by atoms with Gasteiger partial charge < -0.3 is 27.1 Å². The van der Waals surface area contributed by atoms with Crippen LogP contribution in [-0.2, 0) is 12.6 Å². The number of rotatable bonds is 13. The molecule has 0 aliphatic carbocycles. The van der Waals surface area contributed by atoms with E-state index in [1.165, 1.54) is 10.6 Å². The first-order chi connectivity index (χ1) is 22.9. The van der Waals surface area contributed by atoms with Crippen LogP contribution in [0.3, 0.4) is 0 Å². The Balaban J connectivity index is 1.42. The van der Waals surface area contributed by atoms with Crippen LogP contribution in [0.5, 0.6) is 0 Å². The number of guanidine groups is 1. The fourth-order valence-electron chi connectivity index (χ4n) is 5.69. The second kappa shape index (κ2) is 14.9. The molecule has 0 saturated heterocycles. The van der Waals surface area contributed by atoms with E-state index in [1.54, 1.807) is 18.3 Å². The molecule has 9 nitrogen and oxygen atoms in total. The number of hydrogen-bond acceptors (Lipinski definition) is 5. The molecule has 0 aliphatic heterocycles. The maximum Gasteiger partial charge on any atom is 0.416 e. The van der Waals surface area contributed by atoms with E-state index >= 15 is 0 Å². The highest BCUT2D eigenvalue weighted by atomic mass is 19.4. The van der Waals surface area contributed by atoms with Crippen molar-refractivity contribution in [2.75, 3.05) is 13.1 Å². The lowest BCUT2D eigenvalue weighted by atomic mass is 9.97. The molecule has 48 heavy (non-hydrogen) atoms. The van der Waals surface area contributed by atoms with E-state index in [0.29, 0.717) is 65.9 Å². The molecule has 5 aromatic rings. The number of H-pyrrole nitrogens is 1. The quantitative estimate of drug-likeness (QED) is 0.0525. The van der Waals surface area contributed by atoms with Gasteiger partial charge in [0.05, 0.1) is 17.3 Å². The van der Waals surface area contributed by atoms with E-state index < -0.39 is 17.4 Å². The van der Waals surface area contributed by atoms with Crippen LogP contribution in [0.1, 0.15) is 60.0 Å². The Hall–Kier alpha value is -4.94. The zero-order chi connectivity index (χ0) is 34.4. The number of aromatic amines is 1. The molecule has 0 radical (unpaired) electrons. The lowest BCUT2D eigenvalue weighted by Crippen LogP contribution is -2.33. The lowest BCUT2D eigenvalue weighted by molar-refractivity contribution is -0.137. The molecule has 252 valence electrons. The van der Waals surface area contributed by atoms with E-state index in [2.05, 4.69) is 44.9 Å². The minimum absolute atomic E-state index is 0.0300. The molecule has 12 heteroatoms. The average Bonchev–Trinajstić information content (AvgIpc) is 3.45. The van der Waals surface area contributed by atoms with Crippen LogP contribution in [0, 0.1) is 12.3 Å². The van der Waals surface area contributed by atoms with Crippen molar-refractivity contribution >= 4 is 17.0 Å². The Morgan fingerprint density at radius 2 is 1.69 bits per heavy atom. The molecule has 0 aliphatic rings. The molecular weight excluding hydrogens is 617 g/mol. The number of hydrogen-bond donors (Lipinski definition) is 6. The molecule has 0 bridgehead atoms. The number of nitrogens with one attached hydrogen (secondary N) is 4. The third-order valence-corrected chi connectivity index (χ3v) is 8.20. The Kier molecular flexibility index (Phi) is 10.7. The van der Waals surface area contributed by atoms with Crippen LogP contribution < -0.4 is 27.8 Å². The van der Waals surface area contributed by atoms with Gasteiger partial charge in [-0.25, -0.2) is 4.79 Å². The maximum absolute atomic E-state index is 13.8. The van der Waals surface area contributed by atoms with Crippen LogP contribution in [-0.4, -0.2) is 39.6 Å². The minimum Gasteiger partial charge on any atom is -0.370 e. The summed E-state index contributed by atoms with van der Waals surface area (Å²) in [5.74, 6) is -0.0620. The summed E-state index contributed by atoms with van der Waals surface area (Å²) < 4.78 is 42.9. The van der Waals surface area contributed by atoms with Gasteiger partial charge in [-0.1, -0.05) is 42.0 Å². The predicted molar refractivity (Wildman–Crippen MR) is 184 cm³/mol. The van der Waals surface area contributed by atoms with Gasteiger partial charge in [0.1, 0.15) is 5.65 Å². The van der Waals surface area contributed by atoms with E-state index in [4.69, 9.17) is 16.9 Å². The van der Waals surface area contributed by atoms with Gasteiger partial charge in [0.25, 0.3) is 0 Å². The Morgan fingerprint density at radius 1 is 1.00 bits per heavy atom. The summed E-state index contributed by atoms with van der Waals surface area (Å²) in [6, 6.07) is 21.5. The second-order valence-corrected chi connectivity index (χ2v) is 12.2. The highest BCUT2D eigenvalue weighted by Crippen LogP contribution is 2.34. The van der Waals surface area contributed by atoms with Crippen LogP contribution in [0.15, 0.2) is 83.8 Å². The fourth-order valence-corrected chi connectivity index (χ4v) is 5.69. The highest BCUT2D eigenvalue weighted by molar-refractivity contribution is 5.83. The molecule has 0 saturated carbocycles. The van der Waals surface area contributed by atoms with Crippen molar-refractivity contribution in [3.63, 3.8) is 0 Å². The molecular formula is C36H41F3N8O. The molecule has 5 rings (SSSR count). The van der Waals surface area contributed by atoms with Crippen LogP contribution >= 0.6 is 0 Å². The van der Waals surface area contributed by atoms with Gasteiger partial charge in [0.2, 0.25) is 0 Å². The first kappa shape index (κ1) is 34.4. The van der Waals surface area contributed by atoms with Crippen molar-refractivity contribution in [1.29, 1.82) is 5.41 Å². The fraction of sp³-hybridized carbons (Fsp3) is 0.306. The molecule has 0 fully saturated rings. The number of aryl methyl sites for hydroxylation is 2. The predicted octanol–water partition coefficient (Wildman–Crippen LogP) is 5.93. The van der Waals surface area contributed by atoms with E-state index in [0.717, 1.165) is 29.2 Å². The minimum atomic E-state index is -4.51. The number of nitrogens with two attached hydrogens (primary N) is 2. The smallest absolute Gasteiger partial charge is 0.370 e. The van der Waals surface area contributed by atoms with Crippen molar-refractivity contribution in [3.05, 3.63) is 117 Å². The number of halogens is 3. The summed E-state index contributed by atoms with van der Waals surface area (Å²) in [7, 11) is 0. The maximum atomic E-state index is 13.8. The van der Waals surface area contributed by atoms with Gasteiger partial charge in [-0.15, -0.1) is 0 Å². The average molecular weight is 659 g/mol. The van der Waals surface area contributed by atoms with Crippen molar-refractivity contribution in [2.24, 2.45) is 11.5 Å². The third kappa shape index (κ3) is 8.69. The number of aromatic nitrogens is 3. The van der Waals surface area contributed by atoms with E-state index in [1.807, 2.05) is 38.1 Å². The van der Waals surface area contributed by atoms with Crippen molar-refractivity contribution in [2.45, 2.75) is 57.8 Å². The lowest BCUT2D eigenvalue weighted by Gasteiger charge is -2.21. The second-order valence-electron chi connectivity index (χ2n) is 12.2. The Morgan fingerprint density at radius 3 is 2.33 bits per heavy atom. The van der Waals surface area contributed by atoms with Crippen LogP contribution in [0.25, 0.3) is 28.0 Å². The largest absolute Gasteiger partial charge is 0.416 e. The standard InChI is InChI=1S/C36H41F3N8O/c1-22-7-9-25(10-8-22)32(43-15-4-16-44-34(41)42)26-11-13-30(14-12-26)47-21-28-20-31(45-33(28)46-35(47)48)27-17-24(6-3-5-23(2)40)18-29(19-27)36(37,38)39/h7-14,17-21,23,32,43H,3-6,15-16,40H2,1-2H3,(H4,41,42,44)(H,45,46,48)/t23-,32-/m0/s1. The van der Waals surface area contributed by atoms with Crippen LogP contribution in [0.2, 0.25) is 0 Å². The first-order valence-electron chi connectivity index (χ1n) is 15.9. The highest BCUT2D eigenvalue weighted by Gasteiger charge is 2.31. The molecule has 2 heterocycles. The summed E-state index contributed by atoms with van der Waals surface area (Å²) >= 11 is 0. The van der Waals surface area contributed by atoms with Gasteiger partial charge in [-0.05, 0) is 105 Å². The SMILES string of the molecule is Cc1ccc([C@H](NCCCNC(=N)N)c2ccc(-n3cc4cc(-c5cc(CCC[C@H](C)N)cc(C(F)(F)F)c5)[nH]c4nc3=O)cc2)cc1. The number of fused-ring (bicyclic) bond motifs is 1. The Labute approximate surface area is 277 Å². The van der Waals surface area contributed by atoms with Gasteiger partial charge in [-0.3, -0.25) is 9.98 Å². The van der Waals surface area contributed by atoms with Gasteiger partial charge in [0, 0.05) is 29.9 Å². The molecule has 3 aromatic carbocycles. The van der Waals surface area contributed by atoms with Gasteiger partial charge >= 0.3 is 11.9 Å². The van der Waals surface area contributed by atoms with Gasteiger partial charge in [-0.2, -0.15) is 18.2 Å². The Bertz CT molecular complexity index is 1910. The third-order valence-electron chi connectivity index (χ3n) is 8.20. The molecule has 2 aromatic heterocycles. The summed E-state index contributed by atoms with van der Waals surface area (Å²) in [5.41, 5.74) is 15.5. The van der Waals surface area contributed by atoms with Crippen molar-refractivity contribution in [1.82, 2.24) is 25.2 Å². The van der Waals surface area contributed by atoms with E-state index in [9.17, 15) is 18.0 Å². The molecule has 2 atom stereocenters. The summed E-state index contributed by atoms with van der Waals surface area (Å²) in [6.07, 6.45) is -0.253. The first-order valence-corrected chi connectivity index (χ1v) is 15.9. The molecule has 0 spiro atoms. The van der Waals surface area contributed by atoms with E-state index in [-0.39, 0.29) is 18.0 Å². The molecule has 0 amide bonds. The van der Waals surface area contributed by atoms with Crippen molar-refractivity contribution < 1.29 is 13.2 Å². The molecule has 0 unspecified atom stereocenters. The normalized spacial score (nSPS) is 13.0. The zero-order valence-corrected chi connectivity index (χ0v) is 27.0. The topological polar surface area (TPSA) is 151 Å². The van der Waals surface area contributed by atoms with Gasteiger partial charge in [0.15, 0.2) is 5.96 Å². The number of alkyl halides is 3.